The minimum Gasteiger partial charge on any atom is -0.345 e. The molecule has 150 valence electrons. The molecule has 0 bridgehead atoms. The standard InChI is InChI=1S/C31H19N/c1-2-8-22(9-3-1)29-20-30(27-16-14-23-10-4-6-12-25(23)18-27)32-31(21-29)28-17-15-24-11-5-7-13-26(24)19-28/h1-15,18-21H/q-2. The van der Waals surface area contributed by atoms with Gasteiger partial charge in [0, 0.05) is 0 Å². The molecule has 0 aliphatic heterocycles. The van der Waals surface area contributed by atoms with E-state index in [-0.39, 0.29) is 0 Å². The molecule has 0 fully saturated rings. The molecule has 1 aromatic heterocycles. The number of nitrogens with zero attached hydrogens (tertiary/aromatic N) is 1. The highest BCUT2D eigenvalue weighted by Crippen LogP contribution is 2.32. The molecule has 0 atom stereocenters. The molecule has 6 rings (SSSR count). The van der Waals surface area contributed by atoms with Gasteiger partial charge in [-0.25, -0.2) is 0 Å². The molecule has 6 aromatic rings. The maximum absolute atomic E-state index is 5.05. The lowest BCUT2D eigenvalue weighted by atomic mass is 9.98. The molecule has 32 heavy (non-hydrogen) atoms. The number of aromatic nitrogens is 1. The predicted octanol–water partition coefficient (Wildman–Crippen LogP) is 7.99. The number of rotatable bonds is 3. The molecule has 0 N–H and O–H groups in total. The Hall–Kier alpha value is -4.23. The van der Waals surface area contributed by atoms with Gasteiger partial charge in [-0.1, -0.05) is 102 Å². The van der Waals surface area contributed by atoms with Gasteiger partial charge in [0.2, 0.25) is 0 Å². The van der Waals surface area contributed by atoms with Crippen molar-refractivity contribution in [1.82, 2.24) is 4.98 Å². The molecule has 0 aliphatic rings. The van der Waals surface area contributed by atoms with Crippen molar-refractivity contribution in [3.05, 3.63) is 127 Å². The van der Waals surface area contributed by atoms with Crippen LogP contribution in [0.3, 0.4) is 0 Å². The summed E-state index contributed by atoms with van der Waals surface area (Å²) in [5, 5.41) is 4.73. The van der Waals surface area contributed by atoms with Gasteiger partial charge in [0.15, 0.2) is 0 Å². The van der Waals surface area contributed by atoms with Crippen LogP contribution >= 0.6 is 0 Å². The maximum Gasteiger partial charge on any atom is -0.0199 e. The van der Waals surface area contributed by atoms with Gasteiger partial charge in [0.05, 0.1) is 0 Å². The summed E-state index contributed by atoms with van der Waals surface area (Å²) in [6.07, 6.45) is 0. The summed E-state index contributed by atoms with van der Waals surface area (Å²) >= 11 is 0. The summed E-state index contributed by atoms with van der Waals surface area (Å²) in [7, 11) is 0. The van der Waals surface area contributed by atoms with Gasteiger partial charge in [0.1, 0.15) is 0 Å². The lowest BCUT2D eigenvalue weighted by Gasteiger charge is -2.19. The number of benzene rings is 5. The highest BCUT2D eigenvalue weighted by molar-refractivity contribution is 5.89. The Morgan fingerprint density at radius 1 is 0.438 bits per heavy atom. The molecule has 0 amide bonds. The summed E-state index contributed by atoms with van der Waals surface area (Å²) < 4.78 is 0. The van der Waals surface area contributed by atoms with Crippen LogP contribution in [0.25, 0.3) is 55.2 Å². The van der Waals surface area contributed by atoms with E-state index >= 15 is 0 Å². The average Bonchev–Trinajstić information content (AvgIpc) is 2.88. The first kappa shape index (κ1) is 18.5. The molecule has 0 aliphatic carbocycles. The molecule has 0 radical (unpaired) electrons. The van der Waals surface area contributed by atoms with Gasteiger partial charge in [-0.3, -0.25) is 0 Å². The molecule has 0 saturated heterocycles. The van der Waals surface area contributed by atoms with E-state index in [1.165, 1.54) is 27.1 Å². The van der Waals surface area contributed by atoms with Crippen molar-refractivity contribution in [3.8, 4) is 33.6 Å². The van der Waals surface area contributed by atoms with Gasteiger partial charge >= 0.3 is 0 Å². The fraction of sp³-hybridized carbons (Fsp3) is 0. The molecule has 0 spiro atoms. The van der Waals surface area contributed by atoms with E-state index in [9.17, 15) is 0 Å². The van der Waals surface area contributed by atoms with Crippen LogP contribution in [0.2, 0.25) is 0 Å². The molecule has 0 unspecified atom stereocenters. The molecular weight excluding hydrogens is 386 g/mol. The van der Waals surface area contributed by atoms with Crippen molar-refractivity contribution in [2.24, 2.45) is 0 Å². The molecular formula is C31H19N-2. The number of hydrogen-bond acceptors (Lipinski definition) is 1. The van der Waals surface area contributed by atoms with E-state index in [1.54, 1.807) is 0 Å². The second kappa shape index (κ2) is 7.79. The summed E-state index contributed by atoms with van der Waals surface area (Å²) in [5.41, 5.74) is 6.10. The molecule has 5 aromatic carbocycles. The fourth-order valence-electron chi connectivity index (χ4n) is 4.15. The monoisotopic (exact) mass is 405 g/mol. The lowest BCUT2D eigenvalue weighted by molar-refractivity contribution is 1.32. The van der Waals surface area contributed by atoms with Crippen molar-refractivity contribution >= 4 is 21.5 Å². The van der Waals surface area contributed by atoms with E-state index in [1.807, 2.05) is 18.2 Å². The minimum absolute atomic E-state index is 0.911. The smallest absolute Gasteiger partial charge is 0.0199 e. The van der Waals surface area contributed by atoms with Gasteiger partial charge in [-0.05, 0) is 22.5 Å². The van der Waals surface area contributed by atoms with Crippen molar-refractivity contribution < 1.29 is 0 Å². The molecule has 1 nitrogen and oxygen atoms in total. The third-order valence-electron chi connectivity index (χ3n) is 5.84. The van der Waals surface area contributed by atoms with Gasteiger partial charge < -0.3 is 4.98 Å². The molecule has 1 heteroatoms. The van der Waals surface area contributed by atoms with Crippen LogP contribution in [0.1, 0.15) is 0 Å². The zero-order valence-electron chi connectivity index (χ0n) is 17.4. The minimum atomic E-state index is 0.911. The van der Waals surface area contributed by atoms with Crippen LogP contribution in [0.15, 0.2) is 115 Å². The van der Waals surface area contributed by atoms with E-state index in [4.69, 9.17) is 4.98 Å². The first-order chi connectivity index (χ1) is 15.8. The Bertz CT molecular complexity index is 1470. The van der Waals surface area contributed by atoms with Crippen molar-refractivity contribution in [2.75, 3.05) is 0 Å². The Labute approximate surface area is 187 Å². The number of fused-ring (bicyclic) bond motifs is 2. The summed E-state index contributed by atoms with van der Waals surface area (Å²) in [4.78, 5) is 5.05. The third-order valence-corrected chi connectivity index (χ3v) is 5.84. The second-order valence-electron chi connectivity index (χ2n) is 7.94. The summed E-state index contributed by atoms with van der Waals surface area (Å²) in [6.45, 7) is 0. The maximum atomic E-state index is 5.05. The Morgan fingerprint density at radius 2 is 0.906 bits per heavy atom. The van der Waals surface area contributed by atoms with Crippen molar-refractivity contribution in [2.45, 2.75) is 0 Å². The topological polar surface area (TPSA) is 12.9 Å². The zero-order valence-corrected chi connectivity index (χ0v) is 17.4. The highest BCUT2D eigenvalue weighted by atomic mass is 14.7. The number of hydrogen-bond donors (Lipinski definition) is 0. The fourth-order valence-corrected chi connectivity index (χ4v) is 4.15. The van der Waals surface area contributed by atoms with Crippen LogP contribution in [-0.4, -0.2) is 4.98 Å². The van der Waals surface area contributed by atoms with Crippen molar-refractivity contribution in [3.63, 3.8) is 0 Å². The molecule has 1 heterocycles. The van der Waals surface area contributed by atoms with Gasteiger partial charge in [-0.2, -0.15) is 0 Å². The van der Waals surface area contributed by atoms with E-state index in [2.05, 4.69) is 109 Å². The Balaban J connectivity index is 1.56. The van der Waals surface area contributed by atoms with E-state index in [0.29, 0.717) is 0 Å². The summed E-state index contributed by atoms with van der Waals surface area (Å²) in [5.74, 6) is 0. The first-order valence-electron chi connectivity index (χ1n) is 10.7. The first-order valence-corrected chi connectivity index (χ1v) is 10.7. The zero-order chi connectivity index (χ0) is 21.3. The van der Waals surface area contributed by atoms with Crippen molar-refractivity contribution in [1.29, 1.82) is 0 Å². The molecule has 0 saturated carbocycles. The van der Waals surface area contributed by atoms with Crippen LogP contribution in [0.4, 0.5) is 0 Å². The van der Waals surface area contributed by atoms with Crippen LogP contribution in [-0.2, 0) is 0 Å². The third kappa shape index (κ3) is 3.44. The van der Waals surface area contributed by atoms with Crippen LogP contribution in [0.5, 0.6) is 0 Å². The Kier molecular flexibility index (Phi) is 4.51. The largest absolute Gasteiger partial charge is 0.345 e. The van der Waals surface area contributed by atoms with Gasteiger partial charge in [-0.15, -0.1) is 58.3 Å². The quantitative estimate of drug-likeness (QED) is 0.272. The van der Waals surface area contributed by atoms with Crippen LogP contribution in [0, 0.1) is 12.1 Å². The normalized spacial score (nSPS) is 11.1. The highest BCUT2D eigenvalue weighted by Gasteiger charge is 2.03. The SMILES string of the molecule is [c-]1cc2ccccc2cc1-c1cc(-c2ccccc2)cc(-c2[c-]cc3ccccc3c2)n1. The van der Waals surface area contributed by atoms with Crippen LogP contribution < -0.4 is 0 Å². The van der Waals surface area contributed by atoms with Gasteiger partial charge in [0.25, 0.3) is 0 Å². The average molecular weight is 406 g/mol. The lowest BCUT2D eigenvalue weighted by Crippen LogP contribution is -1.92. The summed E-state index contributed by atoms with van der Waals surface area (Å²) in [6, 6.07) is 46.8. The van der Waals surface area contributed by atoms with E-state index < -0.39 is 0 Å². The van der Waals surface area contributed by atoms with E-state index in [0.717, 1.165) is 28.1 Å². The predicted molar refractivity (Wildman–Crippen MR) is 133 cm³/mol. The number of pyridine rings is 1. The Morgan fingerprint density at radius 3 is 1.44 bits per heavy atom. The second-order valence-corrected chi connectivity index (χ2v) is 7.94.